The summed E-state index contributed by atoms with van der Waals surface area (Å²) in [5.74, 6) is -2.17. The number of carbonyl (C=O) groups is 2. The van der Waals surface area contributed by atoms with Gasteiger partial charge in [-0.25, -0.2) is 14.4 Å². The molecule has 3 N–H and O–H groups in total. The number of anilines is 2. The first-order chi connectivity index (χ1) is 20.8. The van der Waals surface area contributed by atoms with Crippen molar-refractivity contribution < 1.29 is 28.2 Å². The number of imidazole rings is 1. The number of aromatic nitrogens is 3. The number of methoxy groups -OCH3 is 1. The Morgan fingerprint density at radius 2 is 1.82 bits per heavy atom. The van der Waals surface area contributed by atoms with Crippen molar-refractivity contribution in [1.29, 1.82) is 0 Å². The van der Waals surface area contributed by atoms with Gasteiger partial charge in [0.25, 0.3) is 5.91 Å². The molecule has 2 aliphatic rings. The van der Waals surface area contributed by atoms with E-state index >= 15 is 0 Å². The van der Waals surface area contributed by atoms with E-state index < -0.39 is 23.8 Å². The number of aliphatic hydroxyl groups excluding tert-OH is 1. The molecule has 0 saturated carbocycles. The van der Waals surface area contributed by atoms with Crippen LogP contribution in [0.3, 0.4) is 0 Å². The minimum Gasteiger partial charge on any atom is -0.494 e. The summed E-state index contributed by atoms with van der Waals surface area (Å²) in [5, 5.41) is 16.3. The molecule has 2 aromatic carbocycles. The highest BCUT2D eigenvalue weighted by molar-refractivity contribution is 5.96. The van der Waals surface area contributed by atoms with Crippen LogP contribution in [0.4, 0.5) is 20.3 Å². The Hall–Kier alpha value is -4.33. The lowest BCUT2D eigenvalue weighted by Gasteiger charge is -2.36. The zero-order chi connectivity index (χ0) is 30.2. The molecule has 4 aromatic rings. The number of hydrogen-bond donors (Lipinski definition) is 3. The van der Waals surface area contributed by atoms with E-state index in [2.05, 4.69) is 20.6 Å². The Bertz CT molecular complexity index is 1710. The third-order valence-electron chi connectivity index (χ3n) is 8.02. The van der Waals surface area contributed by atoms with E-state index in [1.54, 1.807) is 32.5 Å². The molecule has 44 heavy (non-hydrogen) atoms. The number of nitrogens with one attached hydrogen (secondary N) is 2. The Balaban J connectivity index is 0.00000384. The fraction of sp³-hybridized carbons (Fsp3) is 0.333. The number of aliphatic hydroxyl groups is 1. The van der Waals surface area contributed by atoms with E-state index in [-0.39, 0.29) is 35.5 Å². The molecule has 0 unspecified atom stereocenters. The number of nitrogens with zero attached hydrogens (tertiary/aromatic N) is 5. The van der Waals surface area contributed by atoms with E-state index in [1.165, 1.54) is 31.6 Å². The molecule has 0 bridgehead atoms. The second-order valence-corrected chi connectivity index (χ2v) is 10.6. The molecule has 2 atom stereocenters. The summed E-state index contributed by atoms with van der Waals surface area (Å²) in [6, 6.07) is 7.54. The van der Waals surface area contributed by atoms with Gasteiger partial charge in [0.15, 0.2) is 23.0 Å². The summed E-state index contributed by atoms with van der Waals surface area (Å²) in [5.41, 5.74) is 2.73. The van der Waals surface area contributed by atoms with Crippen molar-refractivity contribution in [2.45, 2.75) is 25.5 Å². The predicted octanol–water partition coefficient (Wildman–Crippen LogP) is 3.16. The van der Waals surface area contributed by atoms with Crippen molar-refractivity contribution in [3.05, 3.63) is 71.7 Å². The predicted molar refractivity (Wildman–Crippen MR) is 161 cm³/mol. The van der Waals surface area contributed by atoms with Gasteiger partial charge < -0.3 is 30.3 Å². The Morgan fingerprint density at radius 1 is 1.07 bits per heavy atom. The average molecular weight is 628 g/mol. The summed E-state index contributed by atoms with van der Waals surface area (Å²) >= 11 is 0. The summed E-state index contributed by atoms with van der Waals surface area (Å²) in [7, 11) is 1.27. The maximum Gasteiger partial charge on any atom is 0.254 e. The standard InChI is InChI=1S/C30H31F2N7O4.ClH/c1-17-15-18(3-4-19(17)29(41)37-11-13-38(14-12-37)30(42)26-22(40)7-8-33-26)36-27-28-35-16-21(39(28)10-9-34-27)20-5-6-23(43-2)25(32)24(20)31;/h3-6,9-10,15-16,22,26,33,40H,7-8,11-14H2,1-2H3,(H,34,36);1H/t22-,26+;/m1./s1. The third-order valence-corrected chi connectivity index (χ3v) is 8.02. The highest BCUT2D eigenvalue weighted by Crippen LogP contribution is 2.31. The van der Waals surface area contributed by atoms with Gasteiger partial charge in [-0.2, -0.15) is 4.39 Å². The summed E-state index contributed by atoms with van der Waals surface area (Å²) in [4.78, 5) is 38.3. The third kappa shape index (κ3) is 5.65. The van der Waals surface area contributed by atoms with Crippen molar-refractivity contribution >= 4 is 41.4 Å². The quantitative estimate of drug-likeness (QED) is 0.298. The summed E-state index contributed by atoms with van der Waals surface area (Å²) < 4.78 is 35.7. The van der Waals surface area contributed by atoms with Gasteiger partial charge in [-0.3, -0.25) is 14.0 Å². The van der Waals surface area contributed by atoms with Crippen LogP contribution in [-0.2, 0) is 4.79 Å². The number of fused-ring (bicyclic) bond motifs is 1. The number of ether oxygens (including phenoxy) is 1. The largest absolute Gasteiger partial charge is 0.494 e. The first-order valence-electron chi connectivity index (χ1n) is 14.0. The van der Waals surface area contributed by atoms with Gasteiger partial charge in [0.1, 0.15) is 6.04 Å². The Kier molecular flexibility index (Phi) is 9.00. The molecule has 232 valence electrons. The van der Waals surface area contributed by atoms with Crippen LogP contribution in [0.15, 0.2) is 48.9 Å². The van der Waals surface area contributed by atoms with Crippen LogP contribution in [0.2, 0.25) is 0 Å². The fourth-order valence-electron chi connectivity index (χ4n) is 5.65. The zero-order valence-electron chi connectivity index (χ0n) is 24.1. The van der Waals surface area contributed by atoms with Crippen LogP contribution in [-0.4, -0.2) is 93.1 Å². The van der Waals surface area contributed by atoms with Gasteiger partial charge in [-0.05, 0) is 55.8 Å². The topological polar surface area (TPSA) is 124 Å². The number of benzene rings is 2. The molecule has 6 rings (SSSR count). The van der Waals surface area contributed by atoms with Crippen molar-refractivity contribution in [1.82, 2.24) is 29.5 Å². The van der Waals surface area contributed by atoms with Crippen molar-refractivity contribution in [2.24, 2.45) is 0 Å². The highest BCUT2D eigenvalue weighted by Gasteiger charge is 2.36. The molecule has 4 heterocycles. The number of aryl methyl sites for hydroxylation is 1. The molecule has 2 aliphatic heterocycles. The SMILES string of the molecule is COc1ccc(-c2cnc3c(Nc4ccc(C(=O)N5CCN(C(=O)[C@H]6NCC[C@H]6O)CC5)c(C)c4)nccn23)c(F)c1F.Cl. The van der Waals surface area contributed by atoms with Gasteiger partial charge in [0.2, 0.25) is 11.7 Å². The lowest BCUT2D eigenvalue weighted by molar-refractivity contribution is -0.136. The first-order valence-corrected chi connectivity index (χ1v) is 14.0. The number of piperazine rings is 1. The molecule has 14 heteroatoms. The van der Waals surface area contributed by atoms with Crippen LogP contribution in [0.5, 0.6) is 5.75 Å². The Labute approximate surface area is 258 Å². The molecule has 11 nitrogen and oxygen atoms in total. The van der Waals surface area contributed by atoms with E-state index in [0.717, 1.165) is 5.56 Å². The normalized spacial score (nSPS) is 18.3. The monoisotopic (exact) mass is 627 g/mol. The minimum absolute atomic E-state index is 0. The number of carbonyl (C=O) groups excluding carboxylic acids is 2. The number of rotatable bonds is 6. The van der Waals surface area contributed by atoms with E-state index in [9.17, 15) is 23.5 Å². The van der Waals surface area contributed by atoms with Gasteiger partial charge >= 0.3 is 0 Å². The van der Waals surface area contributed by atoms with Crippen LogP contribution in [0.1, 0.15) is 22.3 Å². The van der Waals surface area contributed by atoms with Gasteiger partial charge in [-0.15, -0.1) is 12.4 Å². The summed E-state index contributed by atoms with van der Waals surface area (Å²) in [6.07, 6.45) is 4.45. The van der Waals surface area contributed by atoms with Crippen LogP contribution in [0, 0.1) is 18.6 Å². The smallest absolute Gasteiger partial charge is 0.254 e. The van der Waals surface area contributed by atoms with Gasteiger partial charge in [0.05, 0.1) is 25.1 Å². The lowest BCUT2D eigenvalue weighted by Crippen LogP contribution is -2.56. The van der Waals surface area contributed by atoms with E-state index in [4.69, 9.17) is 4.74 Å². The van der Waals surface area contributed by atoms with Crippen LogP contribution < -0.4 is 15.4 Å². The highest BCUT2D eigenvalue weighted by atomic mass is 35.5. The van der Waals surface area contributed by atoms with Crippen LogP contribution in [0.25, 0.3) is 16.9 Å². The lowest BCUT2D eigenvalue weighted by atomic mass is 10.1. The van der Waals surface area contributed by atoms with Gasteiger partial charge in [0, 0.05) is 55.4 Å². The molecular weight excluding hydrogens is 596 g/mol. The summed E-state index contributed by atoms with van der Waals surface area (Å²) in [6.45, 7) is 4.07. The van der Waals surface area contributed by atoms with Crippen molar-refractivity contribution in [3.63, 3.8) is 0 Å². The molecule has 0 aliphatic carbocycles. The minimum atomic E-state index is -1.08. The Morgan fingerprint density at radius 3 is 2.50 bits per heavy atom. The second kappa shape index (κ2) is 12.7. The maximum atomic E-state index is 14.8. The number of hydrogen-bond acceptors (Lipinski definition) is 8. The number of amides is 2. The van der Waals surface area contributed by atoms with Crippen LogP contribution >= 0.6 is 12.4 Å². The molecule has 2 fully saturated rings. The van der Waals surface area contributed by atoms with E-state index in [0.29, 0.717) is 67.6 Å². The van der Waals surface area contributed by atoms with Crippen molar-refractivity contribution in [3.8, 4) is 17.0 Å². The van der Waals surface area contributed by atoms with E-state index in [1.807, 2.05) is 13.0 Å². The molecule has 2 aromatic heterocycles. The first kappa shape index (κ1) is 31.1. The molecule has 2 amide bonds. The molecular formula is C30H32ClF2N7O4. The number of halogens is 3. The fourth-order valence-corrected chi connectivity index (χ4v) is 5.65. The molecule has 0 spiro atoms. The average Bonchev–Trinajstić information content (AvgIpc) is 3.65. The second-order valence-electron chi connectivity index (χ2n) is 10.6. The van der Waals surface area contributed by atoms with Crippen molar-refractivity contribution in [2.75, 3.05) is 45.2 Å². The zero-order valence-corrected chi connectivity index (χ0v) is 24.9. The molecule has 2 saturated heterocycles. The molecule has 0 radical (unpaired) electrons. The van der Waals surface area contributed by atoms with Gasteiger partial charge in [-0.1, -0.05) is 0 Å². The maximum absolute atomic E-state index is 14.8.